The molecule has 27 heavy (non-hydrogen) atoms. The SMILES string of the molecule is Cc1nn(-c2ccccc2)c(C)c1/C=C/C(=O)c1ccc(Cl)c([N+](=O)[O-])c1. The maximum Gasteiger partial charge on any atom is 0.288 e. The number of hydrogen-bond donors (Lipinski definition) is 0. The van der Waals surface area contributed by atoms with Gasteiger partial charge in [0.05, 0.1) is 16.3 Å². The van der Waals surface area contributed by atoms with Crippen LogP contribution in [0.25, 0.3) is 11.8 Å². The molecule has 0 saturated heterocycles. The smallest absolute Gasteiger partial charge is 0.288 e. The number of nitrogens with zero attached hydrogens (tertiary/aromatic N) is 3. The van der Waals surface area contributed by atoms with Gasteiger partial charge >= 0.3 is 0 Å². The molecule has 0 aliphatic carbocycles. The number of hydrogen-bond acceptors (Lipinski definition) is 4. The van der Waals surface area contributed by atoms with E-state index in [9.17, 15) is 14.9 Å². The average molecular weight is 382 g/mol. The van der Waals surface area contributed by atoms with Gasteiger partial charge in [0.15, 0.2) is 5.78 Å². The summed E-state index contributed by atoms with van der Waals surface area (Å²) in [5.74, 6) is -0.346. The average Bonchev–Trinajstić information content (AvgIpc) is 2.94. The fraction of sp³-hybridized carbons (Fsp3) is 0.100. The molecule has 136 valence electrons. The predicted molar refractivity (Wildman–Crippen MR) is 105 cm³/mol. The van der Waals surface area contributed by atoms with E-state index in [0.717, 1.165) is 22.6 Å². The van der Waals surface area contributed by atoms with E-state index in [2.05, 4.69) is 5.10 Å². The molecule has 0 amide bonds. The summed E-state index contributed by atoms with van der Waals surface area (Å²) in [6.45, 7) is 3.79. The molecular weight excluding hydrogens is 366 g/mol. The van der Waals surface area contributed by atoms with Gasteiger partial charge in [0.2, 0.25) is 0 Å². The molecule has 7 heteroatoms. The third-order valence-electron chi connectivity index (χ3n) is 4.18. The minimum atomic E-state index is -0.610. The Labute approximate surface area is 160 Å². The fourth-order valence-electron chi connectivity index (χ4n) is 2.78. The maximum absolute atomic E-state index is 12.4. The van der Waals surface area contributed by atoms with E-state index in [1.807, 2.05) is 48.9 Å². The molecule has 0 radical (unpaired) electrons. The van der Waals surface area contributed by atoms with E-state index >= 15 is 0 Å². The number of ketones is 1. The number of aromatic nitrogens is 2. The van der Waals surface area contributed by atoms with Gasteiger partial charge in [0, 0.05) is 22.9 Å². The van der Waals surface area contributed by atoms with Crippen LogP contribution in [-0.2, 0) is 0 Å². The lowest BCUT2D eigenvalue weighted by atomic mass is 10.1. The number of aryl methyl sites for hydroxylation is 1. The van der Waals surface area contributed by atoms with Gasteiger partial charge in [-0.15, -0.1) is 0 Å². The quantitative estimate of drug-likeness (QED) is 0.271. The van der Waals surface area contributed by atoms with Crippen molar-refractivity contribution in [2.45, 2.75) is 13.8 Å². The van der Waals surface area contributed by atoms with Crippen molar-refractivity contribution in [1.29, 1.82) is 0 Å². The van der Waals surface area contributed by atoms with Crippen molar-refractivity contribution in [3.8, 4) is 5.69 Å². The van der Waals surface area contributed by atoms with Crippen molar-refractivity contribution in [2.75, 3.05) is 0 Å². The van der Waals surface area contributed by atoms with Gasteiger partial charge < -0.3 is 0 Å². The lowest BCUT2D eigenvalue weighted by molar-refractivity contribution is -0.384. The third-order valence-corrected chi connectivity index (χ3v) is 4.50. The van der Waals surface area contributed by atoms with Gasteiger partial charge in [0.25, 0.3) is 5.69 Å². The van der Waals surface area contributed by atoms with Crippen LogP contribution < -0.4 is 0 Å². The fourth-order valence-corrected chi connectivity index (χ4v) is 2.96. The number of halogens is 1. The second kappa shape index (κ2) is 7.55. The van der Waals surface area contributed by atoms with Gasteiger partial charge in [-0.2, -0.15) is 5.10 Å². The standard InChI is InChI=1S/C20H16ClN3O3/c1-13-17(14(2)23(22-13)16-6-4-3-5-7-16)9-11-20(25)15-8-10-18(21)19(12-15)24(26)27/h3-12H,1-2H3/b11-9+. The van der Waals surface area contributed by atoms with Crippen LogP contribution in [0.4, 0.5) is 5.69 Å². The molecule has 0 bridgehead atoms. The second-order valence-corrected chi connectivity index (χ2v) is 6.36. The molecule has 0 spiro atoms. The van der Waals surface area contributed by atoms with Crippen LogP contribution in [-0.4, -0.2) is 20.5 Å². The summed E-state index contributed by atoms with van der Waals surface area (Å²) >= 11 is 5.79. The Hall–Kier alpha value is -3.25. The Morgan fingerprint density at radius 1 is 1.19 bits per heavy atom. The summed E-state index contributed by atoms with van der Waals surface area (Å²) in [5, 5.41) is 15.5. The molecular formula is C20H16ClN3O3. The normalized spacial score (nSPS) is 11.1. The van der Waals surface area contributed by atoms with Crippen molar-refractivity contribution in [1.82, 2.24) is 9.78 Å². The first kappa shape index (κ1) is 18.5. The van der Waals surface area contributed by atoms with E-state index in [-0.39, 0.29) is 22.1 Å². The largest absolute Gasteiger partial charge is 0.289 e. The van der Waals surface area contributed by atoms with Gasteiger partial charge in [-0.1, -0.05) is 29.8 Å². The van der Waals surface area contributed by atoms with Crippen LogP contribution in [0.3, 0.4) is 0 Å². The lowest BCUT2D eigenvalue weighted by Crippen LogP contribution is -1.99. The Kier molecular flexibility index (Phi) is 5.19. The number of nitro benzene ring substituents is 1. The molecule has 0 unspecified atom stereocenters. The lowest BCUT2D eigenvalue weighted by Gasteiger charge is -2.03. The van der Waals surface area contributed by atoms with E-state index in [1.165, 1.54) is 24.3 Å². The van der Waals surface area contributed by atoms with Gasteiger partial charge in [-0.25, -0.2) is 4.68 Å². The van der Waals surface area contributed by atoms with Gasteiger partial charge in [-0.05, 0) is 50.3 Å². The van der Waals surface area contributed by atoms with Crippen molar-refractivity contribution in [3.05, 3.63) is 92.3 Å². The number of carbonyl (C=O) groups is 1. The van der Waals surface area contributed by atoms with E-state index in [1.54, 1.807) is 6.08 Å². The van der Waals surface area contributed by atoms with Crippen molar-refractivity contribution in [3.63, 3.8) is 0 Å². The molecule has 1 heterocycles. The summed E-state index contributed by atoms with van der Waals surface area (Å²) in [5.41, 5.74) is 3.34. The van der Waals surface area contributed by atoms with E-state index < -0.39 is 4.92 Å². The van der Waals surface area contributed by atoms with Crippen molar-refractivity contribution >= 4 is 29.1 Å². The minimum Gasteiger partial charge on any atom is -0.289 e. The topological polar surface area (TPSA) is 78.0 Å². The molecule has 0 saturated carbocycles. The summed E-state index contributed by atoms with van der Waals surface area (Å²) < 4.78 is 1.81. The van der Waals surface area contributed by atoms with Crippen molar-refractivity contribution < 1.29 is 9.72 Å². The number of allylic oxidation sites excluding steroid dienone is 1. The molecule has 3 rings (SSSR count). The Morgan fingerprint density at radius 2 is 1.89 bits per heavy atom. The van der Waals surface area contributed by atoms with Crippen LogP contribution in [0, 0.1) is 24.0 Å². The van der Waals surface area contributed by atoms with Gasteiger partial charge in [-0.3, -0.25) is 14.9 Å². The molecule has 2 aromatic carbocycles. The highest BCUT2D eigenvalue weighted by Crippen LogP contribution is 2.26. The Bertz CT molecular complexity index is 1060. The highest BCUT2D eigenvalue weighted by Gasteiger charge is 2.16. The maximum atomic E-state index is 12.4. The summed E-state index contributed by atoms with van der Waals surface area (Å²) in [7, 11) is 0. The minimum absolute atomic E-state index is 0.00337. The molecule has 0 N–H and O–H groups in total. The zero-order valence-corrected chi connectivity index (χ0v) is 15.5. The van der Waals surface area contributed by atoms with Crippen LogP contribution in [0.5, 0.6) is 0 Å². The first-order valence-corrected chi connectivity index (χ1v) is 8.54. The van der Waals surface area contributed by atoms with Gasteiger partial charge in [0.1, 0.15) is 5.02 Å². The molecule has 6 nitrogen and oxygen atoms in total. The number of carbonyl (C=O) groups excluding carboxylic acids is 1. The monoisotopic (exact) mass is 381 g/mol. The summed E-state index contributed by atoms with van der Waals surface area (Å²) in [6, 6.07) is 13.7. The summed E-state index contributed by atoms with van der Waals surface area (Å²) in [4.78, 5) is 22.8. The van der Waals surface area contributed by atoms with Crippen LogP contribution in [0.15, 0.2) is 54.6 Å². The number of benzene rings is 2. The highest BCUT2D eigenvalue weighted by atomic mass is 35.5. The Balaban J connectivity index is 1.91. The number of para-hydroxylation sites is 1. The Morgan fingerprint density at radius 3 is 2.56 bits per heavy atom. The molecule has 0 fully saturated rings. The summed E-state index contributed by atoms with van der Waals surface area (Å²) in [6.07, 6.45) is 3.07. The van der Waals surface area contributed by atoms with E-state index in [4.69, 9.17) is 11.6 Å². The zero-order valence-electron chi connectivity index (χ0n) is 14.7. The second-order valence-electron chi connectivity index (χ2n) is 5.95. The third kappa shape index (κ3) is 3.80. The molecule has 0 aliphatic heterocycles. The molecule has 1 aromatic heterocycles. The predicted octanol–water partition coefficient (Wildman–Crippen LogP) is 4.95. The van der Waals surface area contributed by atoms with Crippen LogP contribution in [0.1, 0.15) is 27.3 Å². The first-order chi connectivity index (χ1) is 12.9. The first-order valence-electron chi connectivity index (χ1n) is 8.16. The van der Waals surface area contributed by atoms with Crippen LogP contribution in [0.2, 0.25) is 5.02 Å². The van der Waals surface area contributed by atoms with Crippen LogP contribution >= 0.6 is 11.6 Å². The molecule has 3 aromatic rings. The molecule has 0 aliphatic rings. The number of rotatable bonds is 5. The molecule has 0 atom stereocenters. The van der Waals surface area contributed by atoms with E-state index in [0.29, 0.717) is 0 Å². The van der Waals surface area contributed by atoms with Crippen molar-refractivity contribution in [2.24, 2.45) is 0 Å². The number of nitro groups is 1. The zero-order chi connectivity index (χ0) is 19.6. The highest BCUT2D eigenvalue weighted by molar-refractivity contribution is 6.32.